The molecule has 1 aliphatic carbocycles. The summed E-state index contributed by atoms with van der Waals surface area (Å²) in [7, 11) is 0. The van der Waals surface area contributed by atoms with Gasteiger partial charge in [0.25, 0.3) is 0 Å². The summed E-state index contributed by atoms with van der Waals surface area (Å²) in [6, 6.07) is 9.62. The Bertz CT molecular complexity index is 566. The van der Waals surface area contributed by atoms with Gasteiger partial charge in [0.1, 0.15) is 0 Å². The van der Waals surface area contributed by atoms with Crippen LogP contribution in [0.1, 0.15) is 57.6 Å². The third-order valence-electron chi connectivity index (χ3n) is 4.99. The van der Waals surface area contributed by atoms with E-state index < -0.39 is 0 Å². The molecule has 0 saturated heterocycles. The maximum Gasteiger partial charge on any atom is 0.0390 e. The largest absolute Gasteiger partial charge is 0.310 e. The molecule has 2 heteroatoms. The Hall–Kier alpha value is -0.860. The van der Waals surface area contributed by atoms with E-state index in [1.54, 1.807) is 0 Å². The lowest BCUT2D eigenvalue weighted by atomic mass is 9.77. The fourth-order valence-electron chi connectivity index (χ4n) is 3.71. The topological polar surface area (TPSA) is 12.0 Å². The molecule has 1 aromatic carbocycles. The average molecular weight is 301 g/mol. The SMILES string of the molecule is CCCNC(c1cccc2ccsc12)C1CCC(C)CC1. The Kier molecular flexibility index (Phi) is 4.97. The van der Waals surface area contributed by atoms with Crippen LogP contribution in [0.25, 0.3) is 10.1 Å². The highest BCUT2D eigenvalue weighted by atomic mass is 32.1. The fourth-order valence-corrected chi connectivity index (χ4v) is 4.66. The van der Waals surface area contributed by atoms with Crippen molar-refractivity contribution in [2.24, 2.45) is 11.8 Å². The fraction of sp³-hybridized carbons (Fsp3) is 0.579. The minimum atomic E-state index is 0.541. The van der Waals surface area contributed by atoms with Gasteiger partial charge in [-0.3, -0.25) is 0 Å². The summed E-state index contributed by atoms with van der Waals surface area (Å²) in [5.74, 6) is 1.73. The van der Waals surface area contributed by atoms with Crippen molar-refractivity contribution >= 4 is 21.4 Å². The van der Waals surface area contributed by atoms with Gasteiger partial charge in [0.15, 0.2) is 0 Å². The predicted octanol–water partition coefficient (Wildman–Crippen LogP) is 5.77. The maximum absolute atomic E-state index is 3.86. The van der Waals surface area contributed by atoms with E-state index in [4.69, 9.17) is 0 Å². The van der Waals surface area contributed by atoms with Crippen molar-refractivity contribution in [2.75, 3.05) is 6.54 Å². The van der Waals surface area contributed by atoms with Gasteiger partial charge in [0.2, 0.25) is 0 Å². The van der Waals surface area contributed by atoms with Crippen molar-refractivity contribution in [3.63, 3.8) is 0 Å². The minimum Gasteiger partial charge on any atom is -0.310 e. The number of hydrogen-bond acceptors (Lipinski definition) is 2. The second-order valence-electron chi connectivity index (χ2n) is 6.64. The van der Waals surface area contributed by atoms with Crippen molar-refractivity contribution in [1.29, 1.82) is 0 Å². The van der Waals surface area contributed by atoms with Gasteiger partial charge in [0, 0.05) is 10.7 Å². The van der Waals surface area contributed by atoms with Gasteiger partial charge in [-0.25, -0.2) is 0 Å². The van der Waals surface area contributed by atoms with Crippen LogP contribution < -0.4 is 5.32 Å². The van der Waals surface area contributed by atoms with Crippen molar-refractivity contribution in [3.8, 4) is 0 Å². The standard InChI is InChI=1S/C19H27NS/c1-3-12-20-18(15-9-7-14(2)8-10-15)17-6-4-5-16-11-13-21-19(16)17/h4-6,11,13-15,18,20H,3,7-10,12H2,1-2H3. The van der Waals surface area contributed by atoms with Gasteiger partial charge >= 0.3 is 0 Å². The molecule has 1 heterocycles. The van der Waals surface area contributed by atoms with Crippen molar-refractivity contribution in [1.82, 2.24) is 5.32 Å². The van der Waals surface area contributed by atoms with Crippen LogP contribution >= 0.6 is 11.3 Å². The highest BCUT2D eigenvalue weighted by molar-refractivity contribution is 7.17. The molecule has 0 spiro atoms. The van der Waals surface area contributed by atoms with Crippen LogP contribution in [0, 0.1) is 11.8 Å². The number of thiophene rings is 1. The lowest BCUT2D eigenvalue weighted by Crippen LogP contribution is -2.31. The summed E-state index contributed by atoms with van der Waals surface area (Å²) in [5, 5.41) is 7.50. The lowest BCUT2D eigenvalue weighted by Gasteiger charge is -2.34. The zero-order chi connectivity index (χ0) is 14.7. The summed E-state index contributed by atoms with van der Waals surface area (Å²) in [6.07, 6.45) is 6.76. The molecule has 1 aliphatic rings. The molecule has 1 fully saturated rings. The van der Waals surface area contributed by atoms with Gasteiger partial charge in [-0.05, 0) is 60.0 Å². The Morgan fingerprint density at radius 2 is 2.00 bits per heavy atom. The molecule has 1 nitrogen and oxygen atoms in total. The minimum absolute atomic E-state index is 0.541. The van der Waals surface area contributed by atoms with E-state index in [1.807, 2.05) is 11.3 Å². The Morgan fingerprint density at radius 1 is 1.19 bits per heavy atom. The Balaban J connectivity index is 1.89. The van der Waals surface area contributed by atoms with Crippen LogP contribution in [0.3, 0.4) is 0 Å². The molecule has 0 aliphatic heterocycles. The molecule has 0 bridgehead atoms. The monoisotopic (exact) mass is 301 g/mol. The van der Waals surface area contributed by atoms with Crippen molar-refractivity contribution < 1.29 is 0 Å². The zero-order valence-electron chi connectivity index (χ0n) is 13.3. The molecule has 1 N–H and O–H groups in total. The highest BCUT2D eigenvalue weighted by Crippen LogP contribution is 2.40. The van der Waals surface area contributed by atoms with E-state index in [9.17, 15) is 0 Å². The maximum atomic E-state index is 3.86. The lowest BCUT2D eigenvalue weighted by molar-refractivity contribution is 0.232. The second kappa shape index (κ2) is 6.93. The summed E-state index contributed by atoms with van der Waals surface area (Å²) < 4.78 is 1.49. The van der Waals surface area contributed by atoms with Crippen LogP contribution in [0.4, 0.5) is 0 Å². The molecule has 0 amide bonds. The summed E-state index contributed by atoms with van der Waals surface area (Å²) in [6.45, 7) is 5.79. The van der Waals surface area contributed by atoms with Crippen LogP contribution in [0.15, 0.2) is 29.6 Å². The van der Waals surface area contributed by atoms with Crippen molar-refractivity contribution in [3.05, 3.63) is 35.2 Å². The van der Waals surface area contributed by atoms with Gasteiger partial charge in [-0.1, -0.05) is 44.9 Å². The molecule has 21 heavy (non-hydrogen) atoms. The second-order valence-corrected chi connectivity index (χ2v) is 7.55. The number of fused-ring (bicyclic) bond motifs is 1. The van der Waals surface area contributed by atoms with E-state index in [2.05, 4.69) is 48.8 Å². The quantitative estimate of drug-likeness (QED) is 0.739. The molecule has 114 valence electrons. The first-order chi connectivity index (χ1) is 10.3. The smallest absolute Gasteiger partial charge is 0.0390 e. The Labute approximate surface area is 132 Å². The Morgan fingerprint density at radius 3 is 2.76 bits per heavy atom. The van der Waals surface area contributed by atoms with Crippen LogP contribution in [0.5, 0.6) is 0 Å². The van der Waals surface area contributed by atoms with Crippen molar-refractivity contribution in [2.45, 2.75) is 52.0 Å². The molecule has 0 radical (unpaired) electrons. The van der Waals surface area contributed by atoms with Gasteiger partial charge in [0.05, 0.1) is 0 Å². The van der Waals surface area contributed by atoms with Crippen LogP contribution in [-0.4, -0.2) is 6.54 Å². The number of hydrogen-bond donors (Lipinski definition) is 1. The highest BCUT2D eigenvalue weighted by Gasteiger charge is 2.28. The molecule has 2 aromatic rings. The van der Waals surface area contributed by atoms with E-state index in [1.165, 1.54) is 47.8 Å². The third-order valence-corrected chi connectivity index (χ3v) is 5.97. The average Bonchev–Trinajstić information content (AvgIpc) is 2.98. The molecular weight excluding hydrogens is 274 g/mol. The first-order valence-electron chi connectivity index (χ1n) is 8.49. The zero-order valence-corrected chi connectivity index (χ0v) is 14.1. The normalized spacial score (nSPS) is 24.3. The molecule has 1 atom stereocenters. The molecule has 3 rings (SSSR count). The van der Waals surface area contributed by atoms with E-state index >= 15 is 0 Å². The number of benzene rings is 1. The number of rotatable bonds is 5. The summed E-state index contributed by atoms with van der Waals surface area (Å²) in [5.41, 5.74) is 1.54. The van der Waals surface area contributed by atoms with Gasteiger partial charge < -0.3 is 5.32 Å². The molecule has 1 unspecified atom stereocenters. The summed E-state index contributed by atoms with van der Waals surface area (Å²) in [4.78, 5) is 0. The first kappa shape index (κ1) is 15.1. The first-order valence-corrected chi connectivity index (χ1v) is 9.37. The molecule has 1 aromatic heterocycles. The van der Waals surface area contributed by atoms with Gasteiger partial charge in [-0.15, -0.1) is 11.3 Å². The van der Waals surface area contributed by atoms with E-state index in [0.717, 1.165) is 18.4 Å². The third kappa shape index (κ3) is 3.32. The summed E-state index contributed by atoms with van der Waals surface area (Å²) >= 11 is 1.90. The van der Waals surface area contributed by atoms with Gasteiger partial charge in [-0.2, -0.15) is 0 Å². The molecular formula is C19H27NS. The van der Waals surface area contributed by atoms with Crippen LogP contribution in [-0.2, 0) is 0 Å². The van der Waals surface area contributed by atoms with E-state index in [0.29, 0.717) is 6.04 Å². The molecule has 1 saturated carbocycles. The predicted molar refractivity (Wildman–Crippen MR) is 94.0 cm³/mol. The number of nitrogens with one attached hydrogen (secondary N) is 1. The van der Waals surface area contributed by atoms with E-state index in [-0.39, 0.29) is 0 Å². The van der Waals surface area contributed by atoms with Crippen LogP contribution in [0.2, 0.25) is 0 Å².